The highest BCUT2D eigenvalue weighted by Gasteiger charge is 2.18. The van der Waals surface area contributed by atoms with E-state index >= 15 is 0 Å². The lowest BCUT2D eigenvalue weighted by Crippen LogP contribution is -2.40. The van der Waals surface area contributed by atoms with E-state index < -0.39 is 0 Å². The maximum Gasteiger partial charge on any atom is 0.242 e. The van der Waals surface area contributed by atoms with Gasteiger partial charge in [0.05, 0.1) is 0 Å². The third-order valence-corrected chi connectivity index (χ3v) is 3.50. The lowest BCUT2D eigenvalue weighted by atomic mass is 10.2. The Hall–Kier alpha value is -2.69. The molecule has 0 heterocycles. The number of benzene rings is 2. The highest BCUT2D eigenvalue weighted by atomic mass is 19.1. The fourth-order valence-corrected chi connectivity index (χ4v) is 2.21. The molecule has 0 bridgehead atoms. The summed E-state index contributed by atoms with van der Waals surface area (Å²) in [7, 11) is 1.69. The quantitative estimate of drug-likeness (QED) is 0.851. The van der Waals surface area contributed by atoms with Crippen LogP contribution < -0.4 is 4.90 Å². The summed E-state index contributed by atoms with van der Waals surface area (Å²) in [6.07, 6.45) is 0. The van der Waals surface area contributed by atoms with Gasteiger partial charge in [0, 0.05) is 26.2 Å². The summed E-state index contributed by atoms with van der Waals surface area (Å²) in [5, 5.41) is 0. The first-order chi connectivity index (χ1) is 11.0. The number of likely N-dealkylation sites (N-methyl/N-ethyl adjacent to an activating group) is 1. The van der Waals surface area contributed by atoms with Gasteiger partial charge in [0.2, 0.25) is 11.8 Å². The zero-order chi connectivity index (χ0) is 16.8. The Balaban J connectivity index is 2.06. The molecule has 0 saturated heterocycles. The number of hydrogen-bond acceptors (Lipinski definition) is 2. The van der Waals surface area contributed by atoms with Crippen LogP contribution in [0.3, 0.4) is 0 Å². The first kappa shape index (κ1) is 16.7. The third kappa shape index (κ3) is 4.64. The summed E-state index contributed by atoms with van der Waals surface area (Å²) in [4.78, 5) is 27.1. The molecule has 120 valence electrons. The molecule has 0 N–H and O–H groups in total. The second kappa shape index (κ2) is 7.54. The molecule has 2 rings (SSSR count). The van der Waals surface area contributed by atoms with Crippen LogP contribution in [0.2, 0.25) is 0 Å². The molecule has 0 aliphatic rings. The van der Waals surface area contributed by atoms with E-state index in [1.54, 1.807) is 11.9 Å². The summed E-state index contributed by atoms with van der Waals surface area (Å²) in [5.74, 6) is -0.837. The highest BCUT2D eigenvalue weighted by Crippen LogP contribution is 2.15. The molecule has 5 heteroatoms. The second-order valence-electron chi connectivity index (χ2n) is 5.32. The van der Waals surface area contributed by atoms with Crippen LogP contribution >= 0.6 is 0 Å². The van der Waals surface area contributed by atoms with E-state index in [1.807, 2.05) is 30.3 Å². The van der Waals surface area contributed by atoms with Crippen LogP contribution in [0.5, 0.6) is 0 Å². The van der Waals surface area contributed by atoms with Gasteiger partial charge < -0.3 is 9.80 Å². The van der Waals surface area contributed by atoms with Crippen LogP contribution in [0.15, 0.2) is 54.6 Å². The minimum atomic E-state index is -0.384. The maximum atomic E-state index is 13.0. The first-order valence-corrected chi connectivity index (χ1v) is 7.29. The van der Waals surface area contributed by atoms with Gasteiger partial charge >= 0.3 is 0 Å². The third-order valence-electron chi connectivity index (χ3n) is 3.50. The van der Waals surface area contributed by atoms with Crippen molar-refractivity contribution in [3.8, 4) is 0 Å². The second-order valence-corrected chi connectivity index (χ2v) is 5.32. The molecule has 0 radical (unpaired) electrons. The highest BCUT2D eigenvalue weighted by molar-refractivity contribution is 5.97. The fraction of sp³-hybridized carbons (Fsp3) is 0.222. The number of amides is 2. The normalized spacial score (nSPS) is 10.2. The van der Waals surface area contributed by atoms with Gasteiger partial charge in [-0.1, -0.05) is 30.3 Å². The van der Waals surface area contributed by atoms with E-state index in [2.05, 4.69) is 0 Å². The summed E-state index contributed by atoms with van der Waals surface area (Å²) in [5.41, 5.74) is 1.51. The van der Waals surface area contributed by atoms with Gasteiger partial charge in [-0.2, -0.15) is 0 Å². The Morgan fingerprint density at radius 3 is 2.17 bits per heavy atom. The summed E-state index contributed by atoms with van der Waals surface area (Å²) in [6, 6.07) is 15.1. The Bertz CT molecular complexity index is 671. The zero-order valence-corrected chi connectivity index (χ0v) is 13.2. The predicted octanol–water partition coefficient (Wildman–Crippen LogP) is 2.84. The van der Waals surface area contributed by atoms with Crippen molar-refractivity contribution in [2.75, 3.05) is 18.5 Å². The number of rotatable bonds is 5. The van der Waals surface area contributed by atoms with Crippen molar-refractivity contribution in [3.05, 3.63) is 66.0 Å². The van der Waals surface area contributed by atoms with Crippen LogP contribution in [0, 0.1) is 5.82 Å². The average molecular weight is 314 g/mol. The minimum absolute atomic E-state index is 0.0791. The SMILES string of the molecule is CC(=O)N(CC(=O)N(C)Cc1ccccc1)c1ccc(F)cc1. The molecule has 0 aliphatic carbocycles. The molecule has 0 atom stereocenters. The Labute approximate surface area is 135 Å². The zero-order valence-electron chi connectivity index (χ0n) is 13.2. The largest absolute Gasteiger partial charge is 0.340 e. The van der Waals surface area contributed by atoms with Crippen molar-refractivity contribution in [1.82, 2.24) is 4.90 Å². The number of halogens is 1. The van der Waals surface area contributed by atoms with Crippen LogP contribution in [-0.2, 0) is 16.1 Å². The van der Waals surface area contributed by atoms with Crippen LogP contribution in [0.4, 0.5) is 10.1 Å². The molecule has 0 fully saturated rings. The Morgan fingerprint density at radius 2 is 1.61 bits per heavy atom. The van der Waals surface area contributed by atoms with E-state index in [4.69, 9.17) is 0 Å². The molecular formula is C18H19FN2O2. The smallest absolute Gasteiger partial charge is 0.242 e. The van der Waals surface area contributed by atoms with E-state index in [0.29, 0.717) is 12.2 Å². The van der Waals surface area contributed by atoms with Crippen molar-refractivity contribution < 1.29 is 14.0 Å². The van der Waals surface area contributed by atoms with Crippen LogP contribution in [0.25, 0.3) is 0 Å². The lowest BCUT2D eigenvalue weighted by molar-refractivity contribution is -0.130. The van der Waals surface area contributed by atoms with Gasteiger partial charge in [-0.25, -0.2) is 4.39 Å². The molecule has 23 heavy (non-hydrogen) atoms. The topological polar surface area (TPSA) is 40.6 Å². The van der Waals surface area contributed by atoms with Crippen molar-refractivity contribution in [2.24, 2.45) is 0 Å². The van der Waals surface area contributed by atoms with Crippen molar-refractivity contribution >= 4 is 17.5 Å². The first-order valence-electron chi connectivity index (χ1n) is 7.29. The molecular weight excluding hydrogens is 295 g/mol. The standard InChI is InChI=1S/C18H19FN2O2/c1-14(22)21(17-10-8-16(19)9-11-17)13-18(23)20(2)12-15-6-4-3-5-7-15/h3-11H,12-13H2,1-2H3. The molecule has 0 unspecified atom stereocenters. The molecule has 2 aromatic rings. The van der Waals surface area contributed by atoms with Crippen molar-refractivity contribution in [2.45, 2.75) is 13.5 Å². The summed E-state index contributed by atoms with van der Waals surface area (Å²) < 4.78 is 13.0. The molecule has 2 aromatic carbocycles. The number of carbonyl (C=O) groups is 2. The fourth-order valence-electron chi connectivity index (χ4n) is 2.21. The summed E-state index contributed by atoms with van der Waals surface area (Å²) >= 11 is 0. The van der Waals surface area contributed by atoms with Gasteiger partial charge in [-0.3, -0.25) is 9.59 Å². The van der Waals surface area contributed by atoms with Gasteiger partial charge in [0.25, 0.3) is 0 Å². The molecule has 0 aromatic heterocycles. The number of nitrogens with zero attached hydrogens (tertiary/aromatic N) is 2. The molecule has 4 nitrogen and oxygen atoms in total. The maximum absolute atomic E-state index is 13.0. The van der Waals surface area contributed by atoms with Crippen molar-refractivity contribution in [1.29, 1.82) is 0 Å². The number of hydrogen-bond donors (Lipinski definition) is 0. The van der Waals surface area contributed by atoms with E-state index in [9.17, 15) is 14.0 Å². The molecule has 0 spiro atoms. The number of anilines is 1. The van der Waals surface area contributed by atoms with Gasteiger partial charge in [-0.05, 0) is 29.8 Å². The Morgan fingerprint density at radius 1 is 1.00 bits per heavy atom. The van der Waals surface area contributed by atoms with Gasteiger partial charge in [0.1, 0.15) is 12.4 Å². The van der Waals surface area contributed by atoms with E-state index in [-0.39, 0.29) is 24.2 Å². The monoisotopic (exact) mass is 314 g/mol. The van der Waals surface area contributed by atoms with Gasteiger partial charge in [-0.15, -0.1) is 0 Å². The Kier molecular flexibility index (Phi) is 5.46. The number of carbonyl (C=O) groups excluding carboxylic acids is 2. The molecule has 0 saturated carbocycles. The van der Waals surface area contributed by atoms with Gasteiger partial charge in [0.15, 0.2) is 0 Å². The van der Waals surface area contributed by atoms with Crippen LogP contribution in [-0.4, -0.2) is 30.3 Å². The van der Waals surface area contributed by atoms with E-state index in [1.165, 1.54) is 36.1 Å². The van der Waals surface area contributed by atoms with Crippen LogP contribution in [0.1, 0.15) is 12.5 Å². The minimum Gasteiger partial charge on any atom is -0.340 e. The average Bonchev–Trinajstić information content (AvgIpc) is 2.54. The van der Waals surface area contributed by atoms with Crippen molar-refractivity contribution in [3.63, 3.8) is 0 Å². The van der Waals surface area contributed by atoms with E-state index in [0.717, 1.165) is 5.56 Å². The summed E-state index contributed by atoms with van der Waals surface area (Å²) in [6.45, 7) is 1.77. The predicted molar refractivity (Wildman–Crippen MR) is 87.3 cm³/mol. The molecule has 0 aliphatic heterocycles. The molecule has 2 amide bonds. The lowest BCUT2D eigenvalue weighted by Gasteiger charge is -2.24.